The molecule has 8 nitrogen and oxygen atoms in total. The minimum Gasteiger partial charge on any atom is -0.380 e. The van der Waals surface area contributed by atoms with Gasteiger partial charge in [-0.05, 0) is 38.1 Å². The number of carbonyl (C=O) groups excluding carboxylic acids is 1. The van der Waals surface area contributed by atoms with Crippen LogP contribution in [0.1, 0.15) is 29.9 Å². The van der Waals surface area contributed by atoms with E-state index in [4.69, 9.17) is 4.74 Å². The average Bonchev–Trinajstić information content (AvgIpc) is 3.22. The number of nitrogens with zero attached hydrogens (tertiary/aromatic N) is 4. The number of carbonyl (C=O) groups is 1. The molecule has 1 fully saturated rings. The highest BCUT2D eigenvalue weighted by Gasteiger charge is 2.17. The summed E-state index contributed by atoms with van der Waals surface area (Å²) in [6.45, 7) is 8.51. The van der Waals surface area contributed by atoms with E-state index in [0.717, 1.165) is 61.9 Å². The molecule has 2 N–H and O–H groups in total. The molecule has 0 saturated carbocycles. The van der Waals surface area contributed by atoms with Crippen LogP contribution < -0.4 is 10.6 Å². The van der Waals surface area contributed by atoms with Gasteiger partial charge in [-0.25, -0.2) is 4.52 Å². The molecule has 1 amide bonds. The third-order valence-electron chi connectivity index (χ3n) is 5.12. The van der Waals surface area contributed by atoms with Crippen LogP contribution in [-0.2, 0) is 11.2 Å². The molecular weight excluding hydrogens is 380 g/mol. The van der Waals surface area contributed by atoms with Gasteiger partial charge in [0.25, 0.3) is 5.91 Å². The van der Waals surface area contributed by atoms with Gasteiger partial charge in [-0.15, -0.1) is 0 Å². The zero-order chi connectivity index (χ0) is 20.9. The van der Waals surface area contributed by atoms with E-state index in [1.165, 1.54) is 0 Å². The standard InChI is InChI=1S/C22H28N6O2/c1-16(2)25-21-19(6-9-27-10-12-30-13-11-27)23-7-5-20(21)26-22(29)17-14-18-4-3-8-28(18)24-15-17/h3-5,7-8,14-16,25H,6,9-13H2,1-2H3,(H,23,26,29). The molecule has 0 radical (unpaired) electrons. The Morgan fingerprint density at radius 2 is 2.10 bits per heavy atom. The van der Waals surface area contributed by atoms with Gasteiger partial charge in [-0.2, -0.15) is 5.10 Å². The summed E-state index contributed by atoms with van der Waals surface area (Å²) in [7, 11) is 0. The number of morpholine rings is 1. The molecule has 30 heavy (non-hydrogen) atoms. The highest BCUT2D eigenvalue weighted by atomic mass is 16.5. The zero-order valence-electron chi connectivity index (χ0n) is 17.5. The Labute approximate surface area is 176 Å². The van der Waals surface area contributed by atoms with Crippen molar-refractivity contribution in [3.05, 3.63) is 54.1 Å². The van der Waals surface area contributed by atoms with Crippen molar-refractivity contribution in [3.63, 3.8) is 0 Å². The van der Waals surface area contributed by atoms with Gasteiger partial charge in [0.15, 0.2) is 0 Å². The largest absolute Gasteiger partial charge is 0.380 e. The van der Waals surface area contributed by atoms with Crippen molar-refractivity contribution in [3.8, 4) is 0 Å². The van der Waals surface area contributed by atoms with Crippen LogP contribution in [-0.4, -0.2) is 64.3 Å². The molecule has 0 spiro atoms. The molecule has 158 valence electrons. The van der Waals surface area contributed by atoms with Crippen molar-refractivity contribution >= 4 is 22.8 Å². The number of hydrogen-bond acceptors (Lipinski definition) is 6. The number of anilines is 2. The van der Waals surface area contributed by atoms with Crippen molar-refractivity contribution in [1.29, 1.82) is 0 Å². The lowest BCUT2D eigenvalue weighted by Crippen LogP contribution is -2.37. The SMILES string of the molecule is CC(C)Nc1c(NC(=O)c2cnn3cccc3c2)ccnc1CCN1CCOCC1. The quantitative estimate of drug-likeness (QED) is 0.625. The Morgan fingerprint density at radius 1 is 1.27 bits per heavy atom. The van der Waals surface area contributed by atoms with Crippen LogP contribution in [0.5, 0.6) is 0 Å². The normalized spacial score (nSPS) is 14.9. The maximum absolute atomic E-state index is 12.9. The number of ether oxygens (including phenoxy) is 1. The van der Waals surface area contributed by atoms with Crippen LogP contribution in [0.2, 0.25) is 0 Å². The van der Waals surface area contributed by atoms with E-state index in [0.29, 0.717) is 5.56 Å². The second-order valence-corrected chi connectivity index (χ2v) is 7.76. The van der Waals surface area contributed by atoms with Crippen molar-refractivity contribution in [2.75, 3.05) is 43.5 Å². The fraction of sp³-hybridized carbons (Fsp3) is 0.409. The minimum atomic E-state index is -0.191. The maximum atomic E-state index is 12.9. The fourth-order valence-electron chi connectivity index (χ4n) is 3.58. The lowest BCUT2D eigenvalue weighted by molar-refractivity contribution is 0.0383. The van der Waals surface area contributed by atoms with Gasteiger partial charge in [-0.1, -0.05) is 0 Å². The van der Waals surface area contributed by atoms with E-state index in [-0.39, 0.29) is 11.9 Å². The van der Waals surface area contributed by atoms with E-state index in [1.54, 1.807) is 16.9 Å². The van der Waals surface area contributed by atoms with Crippen LogP contribution in [0, 0.1) is 0 Å². The van der Waals surface area contributed by atoms with Gasteiger partial charge in [0, 0.05) is 44.5 Å². The summed E-state index contributed by atoms with van der Waals surface area (Å²) >= 11 is 0. The van der Waals surface area contributed by atoms with Crippen molar-refractivity contribution < 1.29 is 9.53 Å². The van der Waals surface area contributed by atoms with Gasteiger partial charge < -0.3 is 15.4 Å². The first-order valence-corrected chi connectivity index (χ1v) is 10.4. The molecular formula is C22H28N6O2. The fourth-order valence-corrected chi connectivity index (χ4v) is 3.58. The van der Waals surface area contributed by atoms with Gasteiger partial charge in [0.2, 0.25) is 0 Å². The molecule has 1 saturated heterocycles. The summed E-state index contributed by atoms with van der Waals surface area (Å²) in [5.74, 6) is -0.191. The average molecular weight is 409 g/mol. The number of aromatic nitrogens is 3. The highest BCUT2D eigenvalue weighted by molar-refractivity contribution is 6.06. The maximum Gasteiger partial charge on any atom is 0.257 e. The highest BCUT2D eigenvalue weighted by Crippen LogP contribution is 2.27. The number of fused-ring (bicyclic) bond motifs is 1. The first-order valence-electron chi connectivity index (χ1n) is 10.4. The number of hydrogen-bond donors (Lipinski definition) is 2. The summed E-state index contributed by atoms with van der Waals surface area (Å²) in [4.78, 5) is 19.9. The first-order chi connectivity index (χ1) is 14.6. The van der Waals surface area contributed by atoms with E-state index in [2.05, 4.69) is 39.5 Å². The van der Waals surface area contributed by atoms with Crippen molar-refractivity contribution in [2.45, 2.75) is 26.3 Å². The first kappa shape index (κ1) is 20.3. The molecule has 1 aliphatic rings. The molecule has 0 unspecified atom stereocenters. The second-order valence-electron chi connectivity index (χ2n) is 7.76. The topological polar surface area (TPSA) is 83.8 Å². The Morgan fingerprint density at radius 3 is 2.90 bits per heavy atom. The summed E-state index contributed by atoms with van der Waals surface area (Å²) in [5, 5.41) is 10.8. The minimum absolute atomic E-state index is 0.191. The van der Waals surface area contributed by atoms with Crippen LogP contribution in [0.15, 0.2) is 42.9 Å². The lowest BCUT2D eigenvalue weighted by Gasteiger charge is -2.27. The van der Waals surface area contributed by atoms with Gasteiger partial charge >= 0.3 is 0 Å². The Bertz CT molecular complexity index is 1010. The molecule has 0 bridgehead atoms. The van der Waals surface area contributed by atoms with Crippen LogP contribution in [0.25, 0.3) is 5.52 Å². The third-order valence-corrected chi connectivity index (χ3v) is 5.12. The molecule has 4 heterocycles. The van der Waals surface area contributed by atoms with Crippen LogP contribution in [0.4, 0.5) is 11.4 Å². The van der Waals surface area contributed by atoms with Crippen molar-refractivity contribution in [1.82, 2.24) is 19.5 Å². The molecule has 1 aliphatic heterocycles. The smallest absolute Gasteiger partial charge is 0.257 e. The summed E-state index contributed by atoms with van der Waals surface area (Å²) < 4.78 is 7.17. The summed E-state index contributed by atoms with van der Waals surface area (Å²) in [5.41, 5.74) is 3.96. The lowest BCUT2D eigenvalue weighted by atomic mass is 10.1. The second kappa shape index (κ2) is 9.23. The van der Waals surface area contributed by atoms with E-state index < -0.39 is 0 Å². The molecule has 0 atom stereocenters. The molecule has 0 aliphatic carbocycles. The number of nitrogens with one attached hydrogen (secondary N) is 2. The predicted octanol–water partition coefficient (Wildman–Crippen LogP) is 2.68. The van der Waals surface area contributed by atoms with Gasteiger partial charge in [0.05, 0.1) is 47.6 Å². The summed E-state index contributed by atoms with van der Waals surface area (Å²) in [6, 6.07) is 7.71. The Balaban J connectivity index is 1.53. The Kier molecular flexibility index (Phi) is 6.25. The zero-order valence-corrected chi connectivity index (χ0v) is 17.5. The van der Waals surface area contributed by atoms with E-state index in [1.807, 2.05) is 30.5 Å². The number of amides is 1. The number of pyridine rings is 1. The van der Waals surface area contributed by atoms with E-state index in [9.17, 15) is 4.79 Å². The summed E-state index contributed by atoms with van der Waals surface area (Å²) in [6.07, 6.45) is 5.99. The number of rotatable bonds is 7. The molecule has 0 aromatic carbocycles. The molecule has 3 aromatic rings. The van der Waals surface area contributed by atoms with Gasteiger partial charge in [-0.3, -0.25) is 14.7 Å². The molecule has 8 heteroatoms. The van der Waals surface area contributed by atoms with Crippen LogP contribution in [0.3, 0.4) is 0 Å². The van der Waals surface area contributed by atoms with Gasteiger partial charge in [0.1, 0.15) is 0 Å². The molecule has 3 aromatic heterocycles. The molecule has 4 rings (SSSR count). The van der Waals surface area contributed by atoms with E-state index >= 15 is 0 Å². The monoisotopic (exact) mass is 408 g/mol. The van der Waals surface area contributed by atoms with Crippen molar-refractivity contribution in [2.24, 2.45) is 0 Å². The van der Waals surface area contributed by atoms with Crippen LogP contribution >= 0.6 is 0 Å². The third kappa shape index (κ3) is 4.77. The predicted molar refractivity (Wildman–Crippen MR) is 117 cm³/mol. The Hall–Kier alpha value is -2.97.